The highest BCUT2D eigenvalue weighted by Gasteiger charge is 2.20. The van der Waals surface area contributed by atoms with Crippen molar-refractivity contribution in [2.24, 2.45) is 4.99 Å². The summed E-state index contributed by atoms with van der Waals surface area (Å²) in [6.45, 7) is 1.54. The number of rotatable bonds is 6. The summed E-state index contributed by atoms with van der Waals surface area (Å²) in [5, 5.41) is 13.0. The second kappa shape index (κ2) is 9.17. The van der Waals surface area contributed by atoms with E-state index in [1.165, 1.54) is 12.1 Å². The van der Waals surface area contributed by atoms with E-state index in [4.69, 9.17) is 16.7 Å². The first-order valence-electron chi connectivity index (χ1n) is 9.20. The van der Waals surface area contributed by atoms with Crippen molar-refractivity contribution < 1.29 is 14.3 Å². The molecule has 0 aliphatic carbocycles. The molecule has 1 aliphatic rings. The van der Waals surface area contributed by atoms with Crippen LogP contribution in [0.15, 0.2) is 47.5 Å². The molecule has 28 heavy (non-hydrogen) atoms. The Labute approximate surface area is 168 Å². The number of benzene rings is 2. The van der Waals surface area contributed by atoms with Gasteiger partial charge in [0.2, 0.25) is 0 Å². The van der Waals surface area contributed by atoms with Crippen LogP contribution in [0.25, 0.3) is 0 Å². The molecule has 0 unspecified atom stereocenters. The Morgan fingerprint density at radius 3 is 2.64 bits per heavy atom. The Kier molecular flexibility index (Phi) is 6.65. The van der Waals surface area contributed by atoms with Gasteiger partial charge in [-0.2, -0.15) is 0 Å². The van der Waals surface area contributed by atoms with Crippen LogP contribution in [0, 0.1) is 5.82 Å². The zero-order valence-corrected chi connectivity index (χ0v) is 16.4. The number of nitrogens with one attached hydrogen (secondary N) is 1. The lowest BCUT2D eigenvalue weighted by Gasteiger charge is -2.31. The number of halogens is 2. The van der Waals surface area contributed by atoms with Crippen molar-refractivity contribution in [2.45, 2.75) is 18.9 Å². The minimum absolute atomic E-state index is 0.257. The highest BCUT2D eigenvalue weighted by atomic mass is 35.5. The fraction of sp³-hybridized carbons (Fsp3) is 0.333. The molecular weight excluding hydrogens is 381 g/mol. The van der Waals surface area contributed by atoms with Gasteiger partial charge in [0, 0.05) is 27.9 Å². The molecular formula is C21H23ClFN3O2. The summed E-state index contributed by atoms with van der Waals surface area (Å²) in [4.78, 5) is 17.6. The molecule has 0 radical (unpaired) electrons. The minimum atomic E-state index is -1.06. The van der Waals surface area contributed by atoms with E-state index in [1.807, 2.05) is 0 Å². The number of hydrogen-bond acceptors (Lipinski definition) is 4. The van der Waals surface area contributed by atoms with Crippen LogP contribution in [-0.2, 0) is 4.79 Å². The summed E-state index contributed by atoms with van der Waals surface area (Å²) in [7, 11) is 2.09. The molecule has 2 aromatic rings. The lowest BCUT2D eigenvalue weighted by Crippen LogP contribution is -2.37. The van der Waals surface area contributed by atoms with Crippen molar-refractivity contribution >= 4 is 29.0 Å². The van der Waals surface area contributed by atoms with Crippen LogP contribution >= 0.6 is 11.6 Å². The molecule has 0 amide bonds. The zero-order chi connectivity index (χ0) is 20.1. The number of aliphatic carboxylic acids is 1. The molecule has 148 valence electrons. The number of carboxylic acid groups (broad SMARTS) is 1. The van der Waals surface area contributed by atoms with E-state index in [2.05, 4.69) is 22.3 Å². The molecule has 2 aromatic carbocycles. The zero-order valence-electron chi connectivity index (χ0n) is 15.7. The second-order valence-corrected chi connectivity index (χ2v) is 7.36. The molecule has 0 atom stereocenters. The first-order valence-corrected chi connectivity index (χ1v) is 9.58. The van der Waals surface area contributed by atoms with Gasteiger partial charge in [0.05, 0.1) is 5.71 Å². The number of piperidine rings is 1. The molecule has 1 aliphatic heterocycles. The van der Waals surface area contributed by atoms with Gasteiger partial charge < -0.3 is 15.3 Å². The Morgan fingerprint density at radius 1 is 1.25 bits per heavy atom. The average molecular weight is 404 g/mol. The predicted octanol–water partition coefficient (Wildman–Crippen LogP) is 3.91. The number of aliphatic imine (C=N–C) groups is 1. The number of anilines is 1. The Hall–Kier alpha value is -2.44. The van der Waals surface area contributed by atoms with E-state index in [0.717, 1.165) is 31.6 Å². The molecule has 0 spiro atoms. The topological polar surface area (TPSA) is 64.9 Å². The number of nitrogens with zero attached hydrogens (tertiary/aromatic N) is 2. The van der Waals surface area contributed by atoms with Crippen molar-refractivity contribution in [3.8, 4) is 0 Å². The summed E-state index contributed by atoms with van der Waals surface area (Å²) < 4.78 is 14.1. The van der Waals surface area contributed by atoms with E-state index < -0.39 is 18.3 Å². The van der Waals surface area contributed by atoms with Crippen molar-refractivity contribution in [1.82, 2.24) is 4.90 Å². The molecule has 1 heterocycles. The number of hydrogen-bond donors (Lipinski definition) is 2. The van der Waals surface area contributed by atoms with Crippen LogP contribution in [0.3, 0.4) is 0 Å². The van der Waals surface area contributed by atoms with Crippen LogP contribution in [0.4, 0.5) is 10.1 Å². The van der Waals surface area contributed by atoms with Gasteiger partial charge in [-0.3, -0.25) is 9.79 Å². The fourth-order valence-corrected chi connectivity index (χ4v) is 3.55. The quantitative estimate of drug-likeness (QED) is 0.718. The third-order valence-corrected chi connectivity index (χ3v) is 5.15. The van der Waals surface area contributed by atoms with Crippen LogP contribution in [0.5, 0.6) is 0 Å². The third kappa shape index (κ3) is 5.09. The molecule has 2 N–H and O–H groups in total. The summed E-state index contributed by atoms with van der Waals surface area (Å²) in [5.41, 5.74) is 2.17. The molecule has 1 fully saturated rings. The average Bonchev–Trinajstić information content (AvgIpc) is 2.66. The summed E-state index contributed by atoms with van der Waals surface area (Å²) in [5.74, 6) is -1.48. The Bertz CT molecular complexity index is 880. The van der Waals surface area contributed by atoms with Crippen molar-refractivity contribution in [1.29, 1.82) is 0 Å². The molecule has 0 aromatic heterocycles. The first-order chi connectivity index (χ1) is 13.4. The largest absolute Gasteiger partial charge is 0.480 e. The fourth-order valence-electron chi connectivity index (χ4n) is 3.33. The number of carbonyl (C=O) groups is 1. The van der Waals surface area contributed by atoms with E-state index in [0.29, 0.717) is 21.9 Å². The lowest BCUT2D eigenvalue weighted by molar-refractivity contribution is -0.135. The maximum Gasteiger partial charge on any atom is 0.325 e. The van der Waals surface area contributed by atoms with Gasteiger partial charge in [-0.25, -0.2) is 4.39 Å². The van der Waals surface area contributed by atoms with Gasteiger partial charge in [0.25, 0.3) is 0 Å². The van der Waals surface area contributed by atoms with Crippen molar-refractivity contribution in [3.63, 3.8) is 0 Å². The minimum Gasteiger partial charge on any atom is -0.480 e. The molecule has 1 saturated heterocycles. The smallest absolute Gasteiger partial charge is 0.325 e. The van der Waals surface area contributed by atoms with Gasteiger partial charge in [-0.1, -0.05) is 29.8 Å². The lowest BCUT2D eigenvalue weighted by atomic mass is 9.98. The highest BCUT2D eigenvalue weighted by Crippen LogP contribution is 2.27. The summed E-state index contributed by atoms with van der Waals surface area (Å²) in [6.07, 6.45) is 1.95. The molecule has 0 bridgehead atoms. The molecule has 0 saturated carbocycles. The normalized spacial score (nSPS) is 16.2. The monoisotopic (exact) mass is 403 g/mol. The Balaban J connectivity index is 2.01. The first kappa shape index (κ1) is 20.3. The van der Waals surface area contributed by atoms with Gasteiger partial charge in [-0.05, 0) is 57.2 Å². The van der Waals surface area contributed by atoms with Gasteiger partial charge in [0.1, 0.15) is 12.4 Å². The van der Waals surface area contributed by atoms with E-state index in [-0.39, 0.29) is 6.04 Å². The SMILES string of the molecule is CN1CCC(Nc2ccc(F)cc2C(=NCC(=O)O)c2ccccc2Cl)CC1. The van der Waals surface area contributed by atoms with E-state index in [1.54, 1.807) is 30.3 Å². The van der Waals surface area contributed by atoms with Crippen LogP contribution in [0.1, 0.15) is 24.0 Å². The second-order valence-electron chi connectivity index (χ2n) is 6.95. The summed E-state index contributed by atoms with van der Waals surface area (Å²) in [6, 6.07) is 11.7. The number of likely N-dealkylation sites (tertiary alicyclic amines) is 1. The highest BCUT2D eigenvalue weighted by molar-refractivity contribution is 6.35. The van der Waals surface area contributed by atoms with Crippen LogP contribution in [0.2, 0.25) is 5.02 Å². The Morgan fingerprint density at radius 2 is 1.96 bits per heavy atom. The van der Waals surface area contributed by atoms with E-state index >= 15 is 0 Å². The maximum atomic E-state index is 14.1. The molecule has 7 heteroatoms. The predicted molar refractivity (Wildman–Crippen MR) is 110 cm³/mol. The van der Waals surface area contributed by atoms with Crippen LogP contribution < -0.4 is 5.32 Å². The standard InChI is InChI=1S/C21H23ClFN3O2/c1-26-10-8-15(9-11-26)25-19-7-6-14(23)12-17(19)21(24-13-20(27)28)16-4-2-3-5-18(16)22/h2-7,12,15,25H,8-11,13H2,1H3,(H,27,28). The number of carboxylic acids is 1. The third-order valence-electron chi connectivity index (χ3n) is 4.82. The van der Waals surface area contributed by atoms with Crippen LogP contribution in [-0.4, -0.2) is 54.4 Å². The summed E-state index contributed by atoms with van der Waals surface area (Å²) >= 11 is 6.34. The molecule has 3 rings (SSSR count). The van der Waals surface area contributed by atoms with Gasteiger partial charge in [-0.15, -0.1) is 0 Å². The van der Waals surface area contributed by atoms with Crippen molar-refractivity contribution in [3.05, 3.63) is 64.4 Å². The molecule has 5 nitrogen and oxygen atoms in total. The van der Waals surface area contributed by atoms with Gasteiger partial charge in [0.15, 0.2) is 0 Å². The van der Waals surface area contributed by atoms with E-state index in [9.17, 15) is 9.18 Å². The van der Waals surface area contributed by atoms with Gasteiger partial charge >= 0.3 is 5.97 Å². The maximum absolute atomic E-state index is 14.1. The van der Waals surface area contributed by atoms with Crippen molar-refractivity contribution in [2.75, 3.05) is 32.0 Å².